The maximum atomic E-state index is 10.3. The Morgan fingerprint density at radius 3 is 1.20 bits per heavy atom. The van der Waals surface area contributed by atoms with Crippen LogP contribution in [0.2, 0.25) is 0 Å². The number of carboxylic acids is 2. The summed E-state index contributed by atoms with van der Waals surface area (Å²) in [5.41, 5.74) is 10.7. The van der Waals surface area contributed by atoms with Gasteiger partial charge in [0.1, 0.15) is 0 Å². The van der Waals surface area contributed by atoms with Gasteiger partial charge in [0.15, 0.2) is 0 Å². The summed E-state index contributed by atoms with van der Waals surface area (Å²) in [6.45, 7) is 1.26. The Kier molecular flexibility index (Phi) is 11.0. The van der Waals surface area contributed by atoms with Crippen LogP contribution in [0.5, 0.6) is 0 Å². The second kappa shape index (κ2) is 10.1. The van der Waals surface area contributed by atoms with Gasteiger partial charge in [0.25, 0.3) is 0 Å². The molecule has 8 nitrogen and oxygen atoms in total. The maximum absolute atomic E-state index is 10.3. The SMILES string of the molecule is Cl.Cl.N[C@@H]1COC[C@@H]1C(=O)O.N[C@H]1COC[C@H]1C(=O)O. The monoisotopic (exact) mass is 334 g/mol. The number of hydrogen-bond donors (Lipinski definition) is 4. The molecule has 0 bridgehead atoms. The van der Waals surface area contributed by atoms with E-state index >= 15 is 0 Å². The Balaban J connectivity index is 0. The van der Waals surface area contributed by atoms with Crippen molar-refractivity contribution in [3.05, 3.63) is 0 Å². The number of nitrogens with two attached hydrogens (primary N) is 2. The molecule has 2 aliphatic heterocycles. The number of carboxylic acid groups (broad SMARTS) is 2. The molecule has 0 aromatic heterocycles. The van der Waals surface area contributed by atoms with Crippen molar-refractivity contribution in [2.75, 3.05) is 26.4 Å². The van der Waals surface area contributed by atoms with E-state index in [0.717, 1.165) is 0 Å². The highest BCUT2D eigenvalue weighted by Gasteiger charge is 2.31. The van der Waals surface area contributed by atoms with E-state index in [1.165, 1.54) is 0 Å². The quantitative estimate of drug-likeness (QED) is 0.499. The molecule has 0 aromatic rings. The molecule has 2 heterocycles. The van der Waals surface area contributed by atoms with E-state index < -0.39 is 23.8 Å². The van der Waals surface area contributed by atoms with Gasteiger partial charge in [0.2, 0.25) is 0 Å². The van der Waals surface area contributed by atoms with Crippen LogP contribution in [0, 0.1) is 11.8 Å². The van der Waals surface area contributed by atoms with Crippen molar-refractivity contribution < 1.29 is 29.3 Å². The topological polar surface area (TPSA) is 145 Å². The van der Waals surface area contributed by atoms with Gasteiger partial charge in [-0.3, -0.25) is 9.59 Å². The number of carbonyl (C=O) groups is 2. The predicted molar refractivity (Wildman–Crippen MR) is 74.3 cm³/mol. The van der Waals surface area contributed by atoms with Gasteiger partial charge in [-0.2, -0.15) is 0 Å². The molecule has 20 heavy (non-hydrogen) atoms. The molecule has 0 unspecified atom stereocenters. The summed E-state index contributed by atoms with van der Waals surface area (Å²) >= 11 is 0. The molecule has 0 spiro atoms. The van der Waals surface area contributed by atoms with E-state index in [4.69, 9.17) is 31.2 Å². The Bertz CT molecular complexity index is 290. The van der Waals surface area contributed by atoms with Gasteiger partial charge in [-0.1, -0.05) is 0 Å². The molecule has 2 fully saturated rings. The zero-order chi connectivity index (χ0) is 13.7. The molecule has 0 saturated carbocycles. The highest BCUT2D eigenvalue weighted by atomic mass is 35.5. The minimum Gasteiger partial charge on any atom is -0.481 e. The second-order valence-corrected chi connectivity index (χ2v) is 4.29. The van der Waals surface area contributed by atoms with Crippen LogP contribution >= 0.6 is 24.8 Å². The molecule has 0 amide bonds. The molecule has 0 radical (unpaired) electrons. The number of aliphatic carboxylic acids is 2. The molecule has 2 saturated heterocycles. The molecule has 6 N–H and O–H groups in total. The van der Waals surface area contributed by atoms with Crippen molar-refractivity contribution >= 4 is 36.8 Å². The first-order valence-electron chi connectivity index (χ1n) is 5.55. The van der Waals surface area contributed by atoms with E-state index in [1.807, 2.05) is 0 Å². The third-order valence-electron chi connectivity index (χ3n) is 2.88. The lowest BCUT2D eigenvalue weighted by Gasteiger charge is -2.04. The molecule has 0 aromatic carbocycles. The average molecular weight is 335 g/mol. The summed E-state index contributed by atoms with van der Waals surface area (Å²) in [6.07, 6.45) is 0. The summed E-state index contributed by atoms with van der Waals surface area (Å²) in [5, 5.41) is 16.8. The van der Waals surface area contributed by atoms with Crippen LogP contribution in [0.25, 0.3) is 0 Å². The third-order valence-corrected chi connectivity index (χ3v) is 2.88. The first-order chi connectivity index (χ1) is 8.43. The third kappa shape index (κ3) is 6.21. The summed E-state index contributed by atoms with van der Waals surface area (Å²) in [6, 6.07) is -0.634. The van der Waals surface area contributed by atoms with Gasteiger partial charge in [0.05, 0.1) is 38.3 Å². The van der Waals surface area contributed by atoms with Crippen molar-refractivity contribution in [1.82, 2.24) is 0 Å². The highest BCUT2D eigenvalue weighted by molar-refractivity contribution is 5.85. The molecule has 2 rings (SSSR count). The van der Waals surface area contributed by atoms with Crippen molar-refractivity contribution in [2.24, 2.45) is 23.3 Å². The van der Waals surface area contributed by atoms with Crippen LogP contribution in [-0.2, 0) is 19.1 Å². The first kappa shape index (κ1) is 21.7. The fourth-order valence-corrected chi connectivity index (χ4v) is 1.65. The Morgan fingerprint density at radius 2 is 1.10 bits per heavy atom. The predicted octanol–water partition coefficient (Wildman–Crippen LogP) is -1.07. The standard InChI is InChI=1S/2C5H9NO3.2ClH/c2*6-4-2-9-1-3(4)5(7)8;;/h2*3-4H,1-2,6H2,(H,7,8);2*1H/t2*3-,4+;;/m10../s1. The summed E-state index contributed by atoms with van der Waals surface area (Å²) in [4.78, 5) is 20.5. The largest absolute Gasteiger partial charge is 0.481 e. The van der Waals surface area contributed by atoms with Crippen LogP contribution in [0.15, 0.2) is 0 Å². The molecule has 4 atom stereocenters. The Morgan fingerprint density at radius 1 is 0.800 bits per heavy atom. The number of rotatable bonds is 2. The van der Waals surface area contributed by atoms with Gasteiger partial charge in [0, 0.05) is 12.1 Å². The number of halogens is 2. The van der Waals surface area contributed by atoms with Crippen LogP contribution in [0.1, 0.15) is 0 Å². The van der Waals surface area contributed by atoms with E-state index in [9.17, 15) is 9.59 Å². The van der Waals surface area contributed by atoms with Crippen LogP contribution in [0.4, 0.5) is 0 Å². The summed E-state index contributed by atoms with van der Waals surface area (Å²) in [7, 11) is 0. The minimum absolute atomic E-state index is 0. The smallest absolute Gasteiger partial charge is 0.310 e. The lowest BCUT2D eigenvalue weighted by molar-refractivity contribution is -0.142. The lowest BCUT2D eigenvalue weighted by Crippen LogP contribution is -2.33. The van der Waals surface area contributed by atoms with Gasteiger partial charge in [-0.25, -0.2) is 0 Å². The zero-order valence-corrected chi connectivity index (χ0v) is 12.3. The average Bonchev–Trinajstić information content (AvgIpc) is 2.87. The van der Waals surface area contributed by atoms with Crippen molar-refractivity contribution in [3.8, 4) is 0 Å². The van der Waals surface area contributed by atoms with Crippen molar-refractivity contribution in [1.29, 1.82) is 0 Å². The fraction of sp³-hybridized carbons (Fsp3) is 0.800. The van der Waals surface area contributed by atoms with Crippen LogP contribution in [-0.4, -0.2) is 60.7 Å². The minimum atomic E-state index is -0.861. The number of hydrogen-bond acceptors (Lipinski definition) is 6. The Hall–Kier alpha value is -0.640. The normalized spacial score (nSPS) is 31.3. The number of ether oxygens (including phenoxy) is 2. The molecule has 0 aliphatic carbocycles. The summed E-state index contributed by atoms with van der Waals surface area (Å²) in [5.74, 6) is -2.71. The molecular formula is C10H20Cl2N2O6. The fourth-order valence-electron chi connectivity index (χ4n) is 1.65. The van der Waals surface area contributed by atoms with Gasteiger partial charge >= 0.3 is 11.9 Å². The van der Waals surface area contributed by atoms with Crippen molar-refractivity contribution in [2.45, 2.75) is 12.1 Å². The van der Waals surface area contributed by atoms with E-state index in [2.05, 4.69) is 0 Å². The van der Waals surface area contributed by atoms with Crippen LogP contribution < -0.4 is 11.5 Å². The van der Waals surface area contributed by atoms with Gasteiger partial charge in [-0.05, 0) is 0 Å². The molecule has 10 heteroatoms. The first-order valence-corrected chi connectivity index (χ1v) is 5.55. The van der Waals surface area contributed by atoms with Gasteiger partial charge in [-0.15, -0.1) is 24.8 Å². The van der Waals surface area contributed by atoms with Gasteiger partial charge < -0.3 is 31.2 Å². The molecule has 120 valence electrons. The van der Waals surface area contributed by atoms with E-state index in [-0.39, 0.29) is 50.1 Å². The molecular weight excluding hydrogens is 315 g/mol. The highest BCUT2D eigenvalue weighted by Crippen LogP contribution is 2.11. The van der Waals surface area contributed by atoms with E-state index in [1.54, 1.807) is 0 Å². The van der Waals surface area contributed by atoms with Crippen LogP contribution in [0.3, 0.4) is 0 Å². The summed E-state index contributed by atoms with van der Waals surface area (Å²) < 4.78 is 9.65. The van der Waals surface area contributed by atoms with E-state index in [0.29, 0.717) is 13.2 Å². The zero-order valence-electron chi connectivity index (χ0n) is 10.6. The Labute approximate surface area is 128 Å². The maximum Gasteiger partial charge on any atom is 0.310 e. The van der Waals surface area contributed by atoms with Crippen molar-refractivity contribution in [3.63, 3.8) is 0 Å². The molecule has 2 aliphatic rings. The second-order valence-electron chi connectivity index (χ2n) is 4.29. The lowest BCUT2D eigenvalue weighted by atomic mass is 10.1.